The Hall–Kier alpha value is -2.03. The van der Waals surface area contributed by atoms with E-state index in [2.05, 4.69) is 9.88 Å². The number of benzene rings is 1. The molecule has 0 bridgehead atoms. The van der Waals surface area contributed by atoms with E-state index in [1.807, 2.05) is 29.2 Å². The van der Waals surface area contributed by atoms with E-state index in [1.54, 1.807) is 11.9 Å². The number of hydrogen-bond acceptors (Lipinski definition) is 6. The lowest BCUT2D eigenvalue weighted by molar-refractivity contribution is -0.142. The first-order chi connectivity index (χ1) is 13.1. The summed E-state index contributed by atoms with van der Waals surface area (Å²) in [6.07, 6.45) is 1.52. The molecule has 0 spiro atoms. The van der Waals surface area contributed by atoms with Crippen LogP contribution in [0, 0.1) is 0 Å². The molecule has 1 atom stereocenters. The summed E-state index contributed by atoms with van der Waals surface area (Å²) >= 11 is 1.52. The van der Waals surface area contributed by atoms with Gasteiger partial charge in [0, 0.05) is 39.8 Å². The van der Waals surface area contributed by atoms with E-state index in [0.717, 1.165) is 23.1 Å². The second-order valence-corrected chi connectivity index (χ2v) is 8.03. The fourth-order valence-corrected chi connectivity index (χ4v) is 4.45. The van der Waals surface area contributed by atoms with Gasteiger partial charge in [0.15, 0.2) is 5.13 Å². The number of para-hydroxylation sites is 1. The minimum atomic E-state index is -0.261. The number of anilines is 1. The van der Waals surface area contributed by atoms with Crippen LogP contribution in [0.2, 0.25) is 0 Å². The van der Waals surface area contributed by atoms with E-state index in [-0.39, 0.29) is 17.9 Å². The van der Waals surface area contributed by atoms with Gasteiger partial charge in [0.25, 0.3) is 5.91 Å². The van der Waals surface area contributed by atoms with Crippen molar-refractivity contribution in [2.75, 3.05) is 51.3 Å². The zero-order chi connectivity index (χ0) is 18.8. The zero-order valence-electron chi connectivity index (χ0n) is 15.5. The first-order valence-corrected chi connectivity index (χ1v) is 10.2. The largest absolute Gasteiger partial charge is 0.368 e. The van der Waals surface area contributed by atoms with Crippen LogP contribution in [-0.2, 0) is 14.3 Å². The summed E-state index contributed by atoms with van der Waals surface area (Å²) in [5, 5.41) is 0.716. The standard InChI is InChI=1S/C19H24N4O3S/c1-21(19-20-14-5-2-3-7-16(14)27-19)17(24)13-22-8-10-23(11-9-22)18(25)15-6-4-12-26-15/h2-3,5,7,15H,4,6,8-13H2,1H3. The molecule has 144 valence electrons. The van der Waals surface area contributed by atoms with Gasteiger partial charge in [-0.15, -0.1) is 0 Å². The van der Waals surface area contributed by atoms with Crippen LogP contribution < -0.4 is 4.90 Å². The predicted octanol–water partition coefficient (Wildman–Crippen LogP) is 1.58. The van der Waals surface area contributed by atoms with Crippen molar-refractivity contribution < 1.29 is 14.3 Å². The molecule has 0 N–H and O–H groups in total. The summed E-state index contributed by atoms with van der Waals surface area (Å²) < 4.78 is 6.57. The molecule has 2 aromatic rings. The maximum atomic E-state index is 12.7. The smallest absolute Gasteiger partial charge is 0.251 e. The van der Waals surface area contributed by atoms with E-state index in [4.69, 9.17) is 4.74 Å². The Kier molecular flexibility index (Phi) is 5.38. The summed E-state index contributed by atoms with van der Waals surface area (Å²) in [5.41, 5.74) is 0.915. The molecule has 4 rings (SSSR count). The molecule has 8 heteroatoms. The third-order valence-electron chi connectivity index (χ3n) is 5.19. The number of rotatable bonds is 4. The summed E-state index contributed by atoms with van der Waals surface area (Å²) in [7, 11) is 1.78. The van der Waals surface area contributed by atoms with Crippen LogP contribution in [-0.4, -0.2) is 79.1 Å². The van der Waals surface area contributed by atoms with Gasteiger partial charge < -0.3 is 9.64 Å². The number of carbonyl (C=O) groups excluding carboxylic acids is 2. The number of piperazine rings is 1. The average Bonchev–Trinajstić information content (AvgIpc) is 3.37. The van der Waals surface area contributed by atoms with Gasteiger partial charge in [-0.1, -0.05) is 23.5 Å². The van der Waals surface area contributed by atoms with Crippen molar-refractivity contribution in [3.63, 3.8) is 0 Å². The summed E-state index contributed by atoms with van der Waals surface area (Å²) in [4.78, 5) is 35.2. The highest BCUT2D eigenvalue weighted by atomic mass is 32.1. The van der Waals surface area contributed by atoms with Crippen LogP contribution in [0.1, 0.15) is 12.8 Å². The molecule has 1 aromatic heterocycles. The molecule has 2 aliphatic rings. The Morgan fingerprint density at radius 3 is 2.74 bits per heavy atom. The molecule has 0 saturated carbocycles. The van der Waals surface area contributed by atoms with Crippen LogP contribution >= 0.6 is 11.3 Å². The van der Waals surface area contributed by atoms with Crippen molar-refractivity contribution in [3.05, 3.63) is 24.3 Å². The number of thiazole rings is 1. The number of likely N-dealkylation sites (N-methyl/N-ethyl adjacent to an activating group) is 1. The number of fused-ring (bicyclic) bond motifs is 1. The van der Waals surface area contributed by atoms with Gasteiger partial charge in [-0.25, -0.2) is 4.98 Å². The molecule has 1 unspecified atom stereocenters. The van der Waals surface area contributed by atoms with Crippen molar-refractivity contribution in [2.45, 2.75) is 18.9 Å². The summed E-state index contributed by atoms with van der Waals surface area (Å²) in [6.45, 7) is 3.74. The maximum Gasteiger partial charge on any atom is 0.251 e. The number of nitrogens with zero attached hydrogens (tertiary/aromatic N) is 4. The van der Waals surface area contributed by atoms with Gasteiger partial charge in [0.2, 0.25) is 5.91 Å². The lowest BCUT2D eigenvalue weighted by Crippen LogP contribution is -2.53. The first kappa shape index (κ1) is 18.3. The van der Waals surface area contributed by atoms with Crippen LogP contribution in [0.25, 0.3) is 10.2 Å². The number of ether oxygens (including phenoxy) is 1. The molecule has 2 fully saturated rings. The molecule has 2 amide bonds. The van der Waals surface area contributed by atoms with Crippen molar-refractivity contribution in [1.29, 1.82) is 0 Å². The second kappa shape index (κ2) is 7.92. The zero-order valence-corrected chi connectivity index (χ0v) is 16.3. The van der Waals surface area contributed by atoms with E-state index < -0.39 is 0 Å². The van der Waals surface area contributed by atoms with Gasteiger partial charge in [-0.3, -0.25) is 19.4 Å². The molecule has 0 radical (unpaired) electrons. The fourth-order valence-electron chi connectivity index (χ4n) is 3.51. The van der Waals surface area contributed by atoms with E-state index in [0.29, 0.717) is 44.5 Å². The van der Waals surface area contributed by atoms with Gasteiger partial charge >= 0.3 is 0 Å². The van der Waals surface area contributed by atoms with Gasteiger partial charge in [-0.05, 0) is 25.0 Å². The fraction of sp³-hybridized carbons (Fsp3) is 0.526. The minimum Gasteiger partial charge on any atom is -0.368 e. The normalized spacial score (nSPS) is 20.9. The highest BCUT2D eigenvalue weighted by Gasteiger charge is 2.31. The lowest BCUT2D eigenvalue weighted by atomic mass is 10.2. The molecule has 1 aromatic carbocycles. The first-order valence-electron chi connectivity index (χ1n) is 9.37. The van der Waals surface area contributed by atoms with Crippen molar-refractivity contribution >= 4 is 38.5 Å². The monoisotopic (exact) mass is 388 g/mol. The van der Waals surface area contributed by atoms with Crippen LogP contribution in [0.3, 0.4) is 0 Å². The molecule has 0 aliphatic carbocycles. The third-order valence-corrected chi connectivity index (χ3v) is 6.30. The van der Waals surface area contributed by atoms with Crippen LogP contribution in [0.5, 0.6) is 0 Å². The van der Waals surface area contributed by atoms with Crippen LogP contribution in [0.15, 0.2) is 24.3 Å². The van der Waals surface area contributed by atoms with Crippen molar-refractivity contribution in [2.24, 2.45) is 0 Å². The van der Waals surface area contributed by atoms with Crippen molar-refractivity contribution in [1.82, 2.24) is 14.8 Å². The average molecular weight is 388 g/mol. The molecule has 3 heterocycles. The van der Waals surface area contributed by atoms with E-state index >= 15 is 0 Å². The maximum absolute atomic E-state index is 12.7. The lowest BCUT2D eigenvalue weighted by Gasteiger charge is -2.35. The number of hydrogen-bond donors (Lipinski definition) is 0. The molecular formula is C19H24N4O3S. The minimum absolute atomic E-state index is 0.0213. The highest BCUT2D eigenvalue weighted by Crippen LogP contribution is 2.28. The molecule has 7 nitrogen and oxygen atoms in total. The third kappa shape index (κ3) is 3.97. The summed E-state index contributed by atoms with van der Waals surface area (Å²) in [6, 6.07) is 7.89. The number of carbonyl (C=O) groups is 2. The molecular weight excluding hydrogens is 364 g/mol. The molecule has 2 saturated heterocycles. The Morgan fingerprint density at radius 2 is 2.04 bits per heavy atom. The SMILES string of the molecule is CN(C(=O)CN1CCN(C(=O)C2CCCO2)CC1)c1nc2ccccc2s1. The predicted molar refractivity (Wildman–Crippen MR) is 105 cm³/mol. The van der Waals surface area contributed by atoms with Gasteiger partial charge in [-0.2, -0.15) is 0 Å². The number of aromatic nitrogens is 1. The van der Waals surface area contributed by atoms with E-state index in [1.165, 1.54) is 11.3 Å². The Bertz CT molecular complexity index is 792. The Labute approximate surface area is 162 Å². The Morgan fingerprint density at radius 1 is 1.26 bits per heavy atom. The topological polar surface area (TPSA) is 66.0 Å². The van der Waals surface area contributed by atoms with Gasteiger partial charge in [0.1, 0.15) is 6.10 Å². The molecule has 2 aliphatic heterocycles. The Balaban J connectivity index is 1.30. The number of amides is 2. The summed E-state index contributed by atoms with van der Waals surface area (Å²) in [5.74, 6) is 0.123. The van der Waals surface area contributed by atoms with Gasteiger partial charge in [0.05, 0.1) is 16.8 Å². The molecule has 27 heavy (non-hydrogen) atoms. The van der Waals surface area contributed by atoms with E-state index in [9.17, 15) is 9.59 Å². The van der Waals surface area contributed by atoms with Crippen molar-refractivity contribution in [3.8, 4) is 0 Å². The highest BCUT2D eigenvalue weighted by molar-refractivity contribution is 7.22. The quantitative estimate of drug-likeness (QED) is 0.796. The second-order valence-electron chi connectivity index (χ2n) is 7.02. The van der Waals surface area contributed by atoms with Crippen LogP contribution in [0.4, 0.5) is 5.13 Å².